The largest absolute Gasteiger partial charge is 0.333 e. The van der Waals surface area contributed by atoms with Crippen LogP contribution in [0.1, 0.15) is 36.7 Å². The topological polar surface area (TPSA) is 77.0 Å². The summed E-state index contributed by atoms with van der Waals surface area (Å²) in [5, 5.41) is 8.52. The lowest BCUT2D eigenvalue weighted by Gasteiger charge is -2.37. The molecule has 116 valence electrons. The zero-order chi connectivity index (χ0) is 15.5. The van der Waals surface area contributed by atoms with Crippen LogP contribution in [-0.4, -0.2) is 44.4 Å². The van der Waals surface area contributed by atoms with Gasteiger partial charge in [0.25, 0.3) is 5.91 Å². The Kier molecular flexibility index (Phi) is 4.20. The van der Waals surface area contributed by atoms with E-state index >= 15 is 0 Å². The minimum atomic E-state index is -0.0795. The molecule has 0 aliphatic carbocycles. The molecule has 2 atom stereocenters. The maximum atomic E-state index is 12.7. The van der Waals surface area contributed by atoms with E-state index in [0.717, 1.165) is 31.5 Å². The number of benzene rings is 1. The molecule has 1 amide bonds. The van der Waals surface area contributed by atoms with Gasteiger partial charge in [0.2, 0.25) is 0 Å². The second-order valence-corrected chi connectivity index (χ2v) is 5.78. The van der Waals surface area contributed by atoms with Crippen LogP contribution in [0, 0.1) is 0 Å². The molecule has 1 aliphatic heterocycles. The molecule has 0 spiro atoms. The number of nitrogens with zero attached hydrogens (tertiary/aromatic N) is 4. The van der Waals surface area contributed by atoms with Crippen molar-refractivity contribution in [3.63, 3.8) is 0 Å². The van der Waals surface area contributed by atoms with Gasteiger partial charge in [0.15, 0.2) is 5.69 Å². The van der Waals surface area contributed by atoms with Crippen molar-refractivity contribution in [2.45, 2.75) is 38.3 Å². The van der Waals surface area contributed by atoms with Gasteiger partial charge in [-0.25, -0.2) is 0 Å². The third-order valence-electron chi connectivity index (χ3n) is 4.12. The lowest BCUT2D eigenvalue weighted by atomic mass is 9.96. The van der Waals surface area contributed by atoms with Gasteiger partial charge in [-0.15, -0.1) is 5.10 Å². The predicted molar refractivity (Wildman–Crippen MR) is 83.7 cm³/mol. The van der Waals surface area contributed by atoms with Crippen LogP contribution in [-0.2, 0) is 0 Å². The highest BCUT2D eigenvalue weighted by Crippen LogP contribution is 2.21. The molecule has 0 saturated carbocycles. The number of carbonyl (C=O) groups excluding carboxylic acids is 1. The van der Waals surface area contributed by atoms with Gasteiger partial charge in [0.1, 0.15) is 0 Å². The first-order chi connectivity index (χ1) is 10.7. The zero-order valence-corrected chi connectivity index (χ0v) is 12.7. The maximum absolute atomic E-state index is 12.7. The van der Waals surface area contributed by atoms with Crippen LogP contribution in [0.15, 0.2) is 36.5 Å². The first kappa shape index (κ1) is 14.7. The standard InChI is InChI=1S/C16H21N5O/c1-12(17)15-9-5-6-10-20(15)16(22)14-11-18-21(19-14)13-7-3-2-4-8-13/h2-4,7-8,11-12,15H,5-6,9-10,17H2,1H3. The van der Waals surface area contributed by atoms with Crippen molar-refractivity contribution in [2.24, 2.45) is 5.73 Å². The SMILES string of the molecule is CC(N)C1CCCCN1C(=O)c1cnn(-c2ccccc2)n1. The second kappa shape index (κ2) is 6.27. The molecule has 1 aromatic carbocycles. The van der Waals surface area contributed by atoms with Gasteiger partial charge in [0, 0.05) is 18.6 Å². The fourth-order valence-corrected chi connectivity index (χ4v) is 2.95. The van der Waals surface area contributed by atoms with E-state index in [2.05, 4.69) is 10.2 Å². The van der Waals surface area contributed by atoms with E-state index in [9.17, 15) is 4.79 Å². The lowest BCUT2D eigenvalue weighted by molar-refractivity contribution is 0.0577. The van der Waals surface area contributed by atoms with Crippen molar-refractivity contribution >= 4 is 5.91 Å². The van der Waals surface area contributed by atoms with Gasteiger partial charge >= 0.3 is 0 Å². The molecule has 2 heterocycles. The molecule has 2 aromatic rings. The van der Waals surface area contributed by atoms with Crippen molar-refractivity contribution < 1.29 is 4.79 Å². The molecule has 1 aliphatic rings. The summed E-state index contributed by atoms with van der Waals surface area (Å²) < 4.78 is 0. The summed E-state index contributed by atoms with van der Waals surface area (Å²) in [6.45, 7) is 2.69. The Morgan fingerprint density at radius 2 is 2.09 bits per heavy atom. The number of carbonyl (C=O) groups is 1. The third kappa shape index (κ3) is 2.87. The Morgan fingerprint density at radius 3 is 2.82 bits per heavy atom. The first-order valence-corrected chi connectivity index (χ1v) is 7.71. The monoisotopic (exact) mass is 299 g/mol. The third-order valence-corrected chi connectivity index (χ3v) is 4.12. The fraction of sp³-hybridized carbons (Fsp3) is 0.438. The van der Waals surface area contributed by atoms with E-state index in [1.165, 1.54) is 11.0 Å². The predicted octanol–water partition coefficient (Wildman–Crippen LogP) is 1.61. The first-order valence-electron chi connectivity index (χ1n) is 7.71. The highest BCUT2D eigenvalue weighted by atomic mass is 16.2. The molecular formula is C16H21N5O. The number of amides is 1. The van der Waals surface area contributed by atoms with Crippen LogP contribution in [0.3, 0.4) is 0 Å². The number of aromatic nitrogens is 3. The maximum Gasteiger partial charge on any atom is 0.276 e. The van der Waals surface area contributed by atoms with E-state index in [0.29, 0.717) is 5.69 Å². The Bertz CT molecular complexity index is 637. The van der Waals surface area contributed by atoms with Crippen molar-refractivity contribution in [1.82, 2.24) is 19.9 Å². The Hall–Kier alpha value is -2.21. The summed E-state index contributed by atoms with van der Waals surface area (Å²) in [5.74, 6) is -0.0795. The molecule has 0 radical (unpaired) electrons. The van der Waals surface area contributed by atoms with Gasteiger partial charge in [0.05, 0.1) is 11.9 Å². The summed E-state index contributed by atoms with van der Waals surface area (Å²) in [7, 11) is 0. The smallest absolute Gasteiger partial charge is 0.276 e. The second-order valence-electron chi connectivity index (χ2n) is 5.78. The van der Waals surface area contributed by atoms with Crippen molar-refractivity contribution in [3.05, 3.63) is 42.2 Å². The molecule has 0 bridgehead atoms. The van der Waals surface area contributed by atoms with Crippen molar-refractivity contribution in [3.8, 4) is 5.69 Å². The van der Waals surface area contributed by atoms with Gasteiger partial charge in [-0.1, -0.05) is 18.2 Å². The summed E-state index contributed by atoms with van der Waals surface area (Å²) in [4.78, 5) is 16.1. The van der Waals surface area contributed by atoms with Crippen LogP contribution in [0.5, 0.6) is 0 Å². The van der Waals surface area contributed by atoms with Gasteiger partial charge in [-0.05, 0) is 38.3 Å². The van der Waals surface area contributed by atoms with Gasteiger partial charge in [-0.3, -0.25) is 4.79 Å². The molecule has 1 saturated heterocycles. The van der Waals surface area contributed by atoms with Crippen LogP contribution in [0.2, 0.25) is 0 Å². The minimum Gasteiger partial charge on any atom is -0.333 e. The Morgan fingerprint density at radius 1 is 1.32 bits per heavy atom. The van der Waals surface area contributed by atoms with E-state index in [1.807, 2.05) is 42.2 Å². The molecule has 3 rings (SSSR count). The highest BCUT2D eigenvalue weighted by molar-refractivity contribution is 5.92. The summed E-state index contributed by atoms with van der Waals surface area (Å²) >= 11 is 0. The van der Waals surface area contributed by atoms with Crippen LogP contribution >= 0.6 is 0 Å². The molecule has 1 fully saturated rings. The normalized spacial score (nSPS) is 19.9. The van der Waals surface area contributed by atoms with Crippen molar-refractivity contribution in [2.75, 3.05) is 6.54 Å². The lowest BCUT2D eigenvalue weighted by Crippen LogP contribution is -2.51. The number of hydrogen-bond donors (Lipinski definition) is 1. The fourth-order valence-electron chi connectivity index (χ4n) is 2.95. The number of likely N-dealkylation sites (tertiary alicyclic amines) is 1. The van der Waals surface area contributed by atoms with Crippen LogP contribution < -0.4 is 5.73 Å². The van der Waals surface area contributed by atoms with E-state index in [1.54, 1.807) is 0 Å². The summed E-state index contributed by atoms with van der Waals surface area (Å²) in [6, 6.07) is 9.62. The Balaban J connectivity index is 1.82. The van der Waals surface area contributed by atoms with Gasteiger partial charge < -0.3 is 10.6 Å². The number of para-hydroxylation sites is 1. The molecule has 1 aromatic heterocycles. The molecule has 6 nitrogen and oxygen atoms in total. The molecule has 2 unspecified atom stereocenters. The minimum absolute atomic E-state index is 0.0339. The number of piperidine rings is 1. The van der Waals surface area contributed by atoms with Gasteiger partial charge in [-0.2, -0.15) is 9.90 Å². The van der Waals surface area contributed by atoms with Crippen LogP contribution in [0.25, 0.3) is 5.69 Å². The van der Waals surface area contributed by atoms with E-state index in [-0.39, 0.29) is 18.0 Å². The van der Waals surface area contributed by atoms with Crippen LogP contribution in [0.4, 0.5) is 0 Å². The summed E-state index contributed by atoms with van der Waals surface area (Å²) in [6.07, 6.45) is 4.62. The molecule has 22 heavy (non-hydrogen) atoms. The average molecular weight is 299 g/mol. The molecule has 2 N–H and O–H groups in total. The molecule has 6 heteroatoms. The average Bonchev–Trinajstić information content (AvgIpc) is 3.05. The highest BCUT2D eigenvalue weighted by Gasteiger charge is 2.31. The molecular weight excluding hydrogens is 278 g/mol. The number of hydrogen-bond acceptors (Lipinski definition) is 4. The van der Waals surface area contributed by atoms with Crippen molar-refractivity contribution in [1.29, 1.82) is 0 Å². The summed E-state index contributed by atoms with van der Waals surface area (Å²) in [5.41, 5.74) is 7.24. The van der Waals surface area contributed by atoms with E-state index in [4.69, 9.17) is 5.73 Å². The number of nitrogens with two attached hydrogens (primary N) is 1. The quantitative estimate of drug-likeness (QED) is 0.934. The number of rotatable bonds is 3. The van der Waals surface area contributed by atoms with E-state index < -0.39 is 0 Å². The Labute approximate surface area is 129 Å². The zero-order valence-electron chi connectivity index (χ0n) is 12.7.